The Kier molecular flexibility index (Phi) is 6.18. The Labute approximate surface area is 202 Å². The number of nitrogens with one attached hydrogen (secondary N) is 1. The molecule has 0 fully saturated rings. The maximum Gasteiger partial charge on any atom is 0.335 e. The molecule has 0 spiro atoms. The zero-order valence-electron chi connectivity index (χ0n) is 19.2. The molecular formula is C24H24BrN5O4. The van der Waals surface area contributed by atoms with Gasteiger partial charge in [0.1, 0.15) is 5.56 Å². The van der Waals surface area contributed by atoms with Crippen LogP contribution in [0.5, 0.6) is 5.88 Å². The molecule has 2 aromatic heterocycles. The number of aromatic nitrogens is 4. The van der Waals surface area contributed by atoms with E-state index in [0.29, 0.717) is 34.5 Å². The number of aryl methyl sites for hydroxylation is 4. The Bertz CT molecular complexity index is 1640. The van der Waals surface area contributed by atoms with Crippen LogP contribution >= 0.6 is 15.9 Å². The van der Waals surface area contributed by atoms with Gasteiger partial charge in [-0.15, -0.1) is 0 Å². The van der Waals surface area contributed by atoms with Crippen molar-refractivity contribution in [3.8, 4) is 11.6 Å². The monoisotopic (exact) mass is 525 g/mol. The quantitative estimate of drug-likeness (QED) is 0.388. The fourth-order valence-electron chi connectivity index (χ4n) is 4.01. The molecule has 2 N–H and O–H groups in total. The molecule has 0 saturated carbocycles. The van der Waals surface area contributed by atoms with E-state index in [1.165, 1.54) is 6.21 Å². The van der Waals surface area contributed by atoms with Gasteiger partial charge >= 0.3 is 11.4 Å². The van der Waals surface area contributed by atoms with Crippen LogP contribution in [0.15, 0.2) is 54.2 Å². The maximum atomic E-state index is 12.7. The predicted octanol–water partition coefficient (Wildman–Crippen LogP) is 3.52. The van der Waals surface area contributed by atoms with E-state index in [-0.39, 0.29) is 11.3 Å². The molecule has 0 aliphatic rings. The molecule has 0 aliphatic carbocycles. The van der Waals surface area contributed by atoms with Gasteiger partial charge in [-0.1, -0.05) is 12.1 Å². The minimum absolute atomic E-state index is 0.109. The second-order valence-corrected chi connectivity index (χ2v) is 8.80. The van der Waals surface area contributed by atoms with E-state index in [1.807, 2.05) is 39.8 Å². The molecule has 34 heavy (non-hydrogen) atoms. The number of hydrogen-bond donors (Lipinski definition) is 2. The fraction of sp³-hybridized carbons (Fsp3) is 0.250. The first-order valence-electron chi connectivity index (χ1n) is 10.8. The van der Waals surface area contributed by atoms with Gasteiger partial charge in [0.05, 0.1) is 22.4 Å². The van der Waals surface area contributed by atoms with Crippen molar-refractivity contribution in [1.82, 2.24) is 18.7 Å². The highest BCUT2D eigenvalue weighted by Crippen LogP contribution is 2.31. The Morgan fingerprint density at radius 2 is 1.68 bits per heavy atom. The molecule has 0 bridgehead atoms. The summed E-state index contributed by atoms with van der Waals surface area (Å²) in [5, 5.41) is 10.9. The van der Waals surface area contributed by atoms with E-state index in [0.717, 1.165) is 21.2 Å². The van der Waals surface area contributed by atoms with Crippen molar-refractivity contribution in [1.29, 1.82) is 0 Å². The van der Waals surface area contributed by atoms with Gasteiger partial charge in [0.15, 0.2) is 0 Å². The van der Waals surface area contributed by atoms with Gasteiger partial charge in [-0.05, 0) is 73.0 Å². The highest BCUT2D eigenvalue weighted by molar-refractivity contribution is 9.10. The van der Waals surface area contributed by atoms with Gasteiger partial charge in [0.2, 0.25) is 5.88 Å². The maximum absolute atomic E-state index is 12.7. The number of nitrogens with zero attached hydrogens (tertiary/aromatic N) is 4. The second-order valence-electron chi connectivity index (χ2n) is 7.94. The minimum Gasteiger partial charge on any atom is -0.493 e. The molecule has 0 aliphatic heterocycles. The lowest BCUT2D eigenvalue weighted by molar-refractivity contribution is 0.430. The molecule has 0 radical (unpaired) electrons. The van der Waals surface area contributed by atoms with Gasteiger partial charge in [-0.3, -0.25) is 23.9 Å². The van der Waals surface area contributed by atoms with Crippen LogP contribution in [0.1, 0.15) is 30.5 Å². The van der Waals surface area contributed by atoms with Crippen LogP contribution in [0.4, 0.5) is 5.69 Å². The van der Waals surface area contributed by atoms with Crippen LogP contribution < -0.4 is 16.9 Å². The van der Waals surface area contributed by atoms with Gasteiger partial charge in [-0.25, -0.2) is 14.2 Å². The smallest absolute Gasteiger partial charge is 0.335 e. The lowest BCUT2D eigenvalue weighted by Gasteiger charge is -2.13. The summed E-state index contributed by atoms with van der Waals surface area (Å²) in [6.45, 7) is 8.49. The third kappa shape index (κ3) is 3.83. The van der Waals surface area contributed by atoms with Crippen LogP contribution in [0, 0.1) is 13.8 Å². The summed E-state index contributed by atoms with van der Waals surface area (Å²) in [6, 6.07) is 9.03. The summed E-state index contributed by atoms with van der Waals surface area (Å²) < 4.78 is 4.99. The van der Waals surface area contributed by atoms with E-state index in [4.69, 9.17) is 0 Å². The normalized spacial score (nSPS) is 11.7. The fourth-order valence-corrected chi connectivity index (χ4v) is 4.44. The topological polar surface area (TPSA) is 114 Å². The van der Waals surface area contributed by atoms with Gasteiger partial charge in [0, 0.05) is 23.8 Å². The predicted molar refractivity (Wildman–Crippen MR) is 136 cm³/mol. The Morgan fingerprint density at radius 1 is 1.03 bits per heavy atom. The number of imidazole rings is 1. The molecule has 10 heteroatoms. The summed E-state index contributed by atoms with van der Waals surface area (Å²) in [4.78, 5) is 44.4. The van der Waals surface area contributed by atoms with Crippen molar-refractivity contribution >= 4 is 38.9 Å². The first kappa shape index (κ1) is 23.5. The number of H-pyrrole nitrogens is 1. The van der Waals surface area contributed by atoms with Crippen molar-refractivity contribution in [3.05, 3.63) is 82.8 Å². The van der Waals surface area contributed by atoms with E-state index in [1.54, 1.807) is 27.3 Å². The molecule has 2 aromatic carbocycles. The molecule has 176 valence electrons. The number of aliphatic imine (C=N–C) groups is 1. The van der Waals surface area contributed by atoms with E-state index in [2.05, 4.69) is 25.9 Å². The molecule has 0 unspecified atom stereocenters. The molecule has 9 nitrogen and oxygen atoms in total. The van der Waals surface area contributed by atoms with E-state index < -0.39 is 17.1 Å². The third-order valence-electron chi connectivity index (χ3n) is 5.78. The van der Waals surface area contributed by atoms with E-state index >= 15 is 0 Å². The van der Waals surface area contributed by atoms with Crippen molar-refractivity contribution in [2.24, 2.45) is 4.99 Å². The van der Waals surface area contributed by atoms with Crippen molar-refractivity contribution < 1.29 is 5.11 Å². The number of halogens is 1. The number of rotatable bonds is 5. The van der Waals surface area contributed by atoms with Gasteiger partial charge in [0.25, 0.3) is 5.56 Å². The summed E-state index contributed by atoms with van der Waals surface area (Å²) in [7, 11) is 0. The van der Waals surface area contributed by atoms with Crippen LogP contribution in [0.3, 0.4) is 0 Å². The largest absolute Gasteiger partial charge is 0.493 e. The van der Waals surface area contributed by atoms with Gasteiger partial charge in [-0.2, -0.15) is 0 Å². The van der Waals surface area contributed by atoms with Crippen molar-refractivity contribution in [2.75, 3.05) is 0 Å². The summed E-state index contributed by atoms with van der Waals surface area (Å²) in [5.74, 6) is -0.508. The molecule has 4 rings (SSSR count). The van der Waals surface area contributed by atoms with E-state index in [9.17, 15) is 19.5 Å². The summed E-state index contributed by atoms with van der Waals surface area (Å²) in [6.07, 6.45) is 1.21. The SMILES string of the molecule is CCn1c(=O)n(CC)c2cc(N=Cc3c(O)n(-c4cc(C)ccc4C)c(=O)[nH]c3=O)c(Br)cc21. The Morgan fingerprint density at radius 3 is 2.32 bits per heavy atom. The summed E-state index contributed by atoms with van der Waals surface area (Å²) in [5.41, 5.74) is 2.28. The number of aromatic hydroxyl groups is 1. The lowest BCUT2D eigenvalue weighted by atomic mass is 10.1. The van der Waals surface area contributed by atoms with Crippen LogP contribution in [0.2, 0.25) is 0 Å². The molecule has 2 heterocycles. The first-order chi connectivity index (χ1) is 16.2. The number of hydrogen-bond acceptors (Lipinski definition) is 5. The zero-order chi connectivity index (χ0) is 24.7. The van der Waals surface area contributed by atoms with Crippen LogP contribution in [-0.4, -0.2) is 30.0 Å². The zero-order valence-corrected chi connectivity index (χ0v) is 20.8. The number of aromatic amines is 1. The second kappa shape index (κ2) is 8.94. The van der Waals surface area contributed by atoms with Crippen molar-refractivity contribution in [2.45, 2.75) is 40.8 Å². The molecule has 4 aromatic rings. The first-order valence-corrected chi connectivity index (χ1v) is 11.6. The standard InChI is InChI=1S/C24H24BrN5O4/c1-5-28-19-10-16(25)17(11-20(19)29(6-2)24(28)34)26-12-15-21(31)27-23(33)30(22(15)32)18-9-13(3)7-8-14(18)4/h7-12,32H,5-6H2,1-4H3,(H,27,31,33). The average molecular weight is 526 g/mol. The molecule has 0 amide bonds. The van der Waals surface area contributed by atoms with Crippen LogP contribution in [0.25, 0.3) is 16.7 Å². The Balaban J connectivity index is 1.89. The lowest BCUT2D eigenvalue weighted by Crippen LogP contribution is -2.31. The molecular weight excluding hydrogens is 502 g/mol. The Hall–Kier alpha value is -3.66. The number of benzene rings is 2. The van der Waals surface area contributed by atoms with Crippen LogP contribution in [-0.2, 0) is 13.1 Å². The third-order valence-corrected chi connectivity index (χ3v) is 6.41. The molecule has 0 saturated heterocycles. The van der Waals surface area contributed by atoms with Crippen molar-refractivity contribution in [3.63, 3.8) is 0 Å². The highest BCUT2D eigenvalue weighted by Gasteiger charge is 2.17. The van der Waals surface area contributed by atoms with Gasteiger partial charge < -0.3 is 5.11 Å². The number of fused-ring (bicyclic) bond motifs is 1. The molecule has 0 atom stereocenters. The average Bonchev–Trinajstić information content (AvgIpc) is 3.04. The summed E-state index contributed by atoms with van der Waals surface area (Å²) >= 11 is 3.49. The highest BCUT2D eigenvalue weighted by atomic mass is 79.9. The minimum atomic E-state index is -0.757.